The molecule has 0 aromatic carbocycles. The molecule has 0 bridgehead atoms. The molecule has 0 aliphatic carbocycles. The van der Waals surface area contributed by atoms with Crippen LogP contribution in [0.3, 0.4) is 0 Å². The SMILES string of the molecule is Cc1cnc(F)c(C[C@@H](C)NC(=O)OC(C)(C)C)c1Cl. The molecule has 1 N–H and O–H groups in total. The minimum atomic E-state index is -0.613. The minimum Gasteiger partial charge on any atom is -0.444 e. The van der Waals surface area contributed by atoms with Crippen molar-refractivity contribution in [2.45, 2.75) is 52.7 Å². The van der Waals surface area contributed by atoms with Crippen LogP contribution < -0.4 is 5.32 Å². The highest BCUT2D eigenvalue weighted by atomic mass is 35.5. The smallest absolute Gasteiger partial charge is 0.407 e. The van der Waals surface area contributed by atoms with Crippen molar-refractivity contribution in [3.05, 3.63) is 28.3 Å². The average molecular weight is 303 g/mol. The second-order valence-electron chi connectivity index (χ2n) is 5.78. The van der Waals surface area contributed by atoms with Crippen LogP contribution in [0, 0.1) is 12.9 Å². The van der Waals surface area contributed by atoms with Crippen LogP contribution in [0.15, 0.2) is 6.20 Å². The van der Waals surface area contributed by atoms with Crippen LogP contribution >= 0.6 is 11.6 Å². The number of alkyl carbamates (subject to hydrolysis) is 1. The Morgan fingerprint density at radius 3 is 2.70 bits per heavy atom. The molecule has 1 amide bonds. The Balaban J connectivity index is 2.70. The first kappa shape index (κ1) is 16.7. The molecule has 1 heterocycles. The average Bonchev–Trinajstić information content (AvgIpc) is 2.27. The molecular formula is C14H20ClFN2O2. The van der Waals surface area contributed by atoms with Crippen LogP contribution in [0.4, 0.5) is 9.18 Å². The zero-order chi connectivity index (χ0) is 15.5. The van der Waals surface area contributed by atoms with Crippen molar-refractivity contribution in [3.8, 4) is 0 Å². The molecular weight excluding hydrogens is 283 g/mol. The maximum absolute atomic E-state index is 13.7. The summed E-state index contributed by atoms with van der Waals surface area (Å²) in [4.78, 5) is 15.3. The maximum Gasteiger partial charge on any atom is 0.407 e. The predicted octanol–water partition coefficient (Wildman–Crippen LogP) is 3.64. The number of pyridine rings is 1. The van der Waals surface area contributed by atoms with E-state index in [4.69, 9.17) is 16.3 Å². The predicted molar refractivity (Wildman–Crippen MR) is 76.5 cm³/mol. The Labute approximate surface area is 123 Å². The summed E-state index contributed by atoms with van der Waals surface area (Å²) in [6.45, 7) is 8.83. The van der Waals surface area contributed by atoms with Crippen molar-refractivity contribution in [3.63, 3.8) is 0 Å². The zero-order valence-corrected chi connectivity index (χ0v) is 13.1. The van der Waals surface area contributed by atoms with Crippen LogP contribution in [0.2, 0.25) is 5.02 Å². The lowest BCUT2D eigenvalue weighted by atomic mass is 10.1. The third kappa shape index (κ3) is 4.96. The normalized spacial score (nSPS) is 12.9. The summed E-state index contributed by atoms with van der Waals surface area (Å²) in [7, 11) is 0. The van der Waals surface area contributed by atoms with E-state index in [-0.39, 0.29) is 12.5 Å². The number of amides is 1. The molecule has 4 nitrogen and oxygen atoms in total. The van der Waals surface area contributed by atoms with Crippen molar-refractivity contribution in [1.29, 1.82) is 0 Å². The van der Waals surface area contributed by atoms with Crippen LogP contribution in [-0.2, 0) is 11.2 Å². The van der Waals surface area contributed by atoms with Gasteiger partial charge >= 0.3 is 6.09 Å². The Morgan fingerprint density at radius 1 is 1.55 bits per heavy atom. The second kappa shape index (κ2) is 6.39. The molecule has 6 heteroatoms. The van der Waals surface area contributed by atoms with Gasteiger partial charge in [-0.2, -0.15) is 4.39 Å². The molecule has 0 radical (unpaired) electrons. The third-order valence-electron chi connectivity index (χ3n) is 2.51. The van der Waals surface area contributed by atoms with E-state index in [0.717, 1.165) is 0 Å². The van der Waals surface area contributed by atoms with Gasteiger partial charge in [-0.25, -0.2) is 9.78 Å². The number of rotatable bonds is 3. The van der Waals surface area contributed by atoms with E-state index in [2.05, 4.69) is 10.3 Å². The quantitative estimate of drug-likeness (QED) is 0.867. The monoisotopic (exact) mass is 302 g/mol. The molecule has 0 fully saturated rings. The molecule has 1 aromatic heterocycles. The van der Waals surface area contributed by atoms with Crippen LogP contribution in [0.25, 0.3) is 0 Å². The first-order valence-corrected chi connectivity index (χ1v) is 6.77. The first-order valence-electron chi connectivity index (χ1n) is 6.39. The van der Waals surface area contributed by atoms with E-state index >= 15 is 0 Å². The molecule has 1 rings (SSSR count). The summed E-state index contributed by atoms with van der Waals surface area (Å²) in [5.74, 6) is -0.613. The number of aromatic nitrogens is 1. The number of aryl methyl sites for hydroxylation is 1. The highest BCUT2D eigenvalue weighted by Crippen LogP contribution is 2.23. The molecule has 1 aromatic rings. The molecule has 0 saturated carbocycles. The molecule has 0 aliphatic rings. The van der Waals surface area contributed by atoms with Gasteiger partial charge in [-0.05, 0) is 46.6 Å². The van der Waals surface area contributed by atoms with Gasteiger partial charge in [0, 0.05) is 17.8 Å². The van der Waals surface area contributed by atoms with Gasteiger partial charge in [0.2, 0.25) is 5.95 Å². The molecule has 1 atom stereocenters. The summed E-state index contributed by atoms with van der Waals surface area (Å²) in [5, 5.41) is 2.99. The van der Waals surface area contributed by atoms with Gasteiger partial charge in [0.25, 0.3) is 0 Å². The van der Waals surface area contributed by atoms with Gasteiger partial charge in [-0.1, -0.05) is 11.6 Å². The van der Waals surface area contributed by atoms with Crippen molar-refractivity contribution < 1.29 is 13.9 Å². The van der Waals surface area contributed by atoms with E-state index in [1.54, 1.807) is 34.6 Å². The lowest BCUT2D eigenvalue weighted by Crippen LogP contribution is -2.38. The number of hydrogen-bond donors (Lipinski definition) is 1. The fourth-order valence-corrected chi connectivity index (χ4v) is 1.86. The third-order valence-corrected chi connectivity index (χ3v) is 3.03. The fraction of sp³-hybridized carbons (Fsp3) is 0.571. The van der Waals surface area contributed by atoms with Crippen molar-refractivity contribution in [1.82, 2.24) is 10.3 Å². The van der Waals surface area contributed by atoms with E-state index in [1.165, 1.54) is 6.20 Å². The van der Waals surface area contributed by atoms with Crippen LogP contribution in [0.1, 0.15) is 38.8 Å². The van der Waals surface area contributed by atoms with E-state index in [0.29, 0.717) is 16.1 Å². The largest absolute Gasteiger partial charge is 0.444 e. The van der Waals surface area contributed by atoms with E-state index in [9.17, 15) is 9.18 Å². The molecule has 0 aliphatic heterocycles. The number of carbonyl (C=O) groups excluding carboxylic acids is 1. The summed E-state index contributed by atoms with van der Waals surface area (Å²) < 4.78 is 18.8. The summed E-state index contributed by atoms with van der Waals surface area (Å²) >= 11 is 6.06. The van der Waals surface area contributed by atoms with Gasteiger partial charge in [0.05, 0.1) is 5.02 Å². The van der Waals surface area contributed by atoms with Crippen molar-refractivity contribution >= 4 is 17.7 Å². The number of nitrogens with zero attached hydrogens (tertiary/aromatic N) is 1. The van der Waals surface area contributed by atoms with Gasteiger partial charge < -0.3 is 10.1 Å². The Kier molecular flexibility index (Phi) is 5.34. The Bertz CT molecular complexity index is 501. The molecule has 0 saturated heterocycles. The van der Waals surface area contributed by atoms with Crippen LogP contribution in [0.5, 0.6) is 0 Å². The number of carbonyl (C=O) groups is 1. The second-order valence-corrected chi connectivity index (χ2v) is 6.15. The van der Waals surface area contributed by atoms with Gasteiger partial charge in [0.1, 0.15) is 5.60 Å². The lowest BCUT2D eigenvalue weighted by Gasteiger charge is -2.22. The lowest BCUT2D eigenvalue weighted by molar-refractivity contribution is 0.0508. The Morgan fingerprint density at radius 2 is 2.15 bits per heavy atom. The number of hydrogen-bond acceptors (Lipinski definition) is 3. The van der Waals surface area contributed by atoms with E-state index < -0.39 is 17.6 Å². The molecule has 20 heavy (non-hydrogen) atoms. The summed E-state index contributed by atoms with van der Waals surface area (Å²) in [6.07, 6.45) is 1.09. The van der Waals surface area contributed by atoms with Crippen LogP contribution in [-0.4, -0.2) is 22.7 Å². The van der Waals surface area contributed by atoms with E-state index in [1.807, 2.05) is 0 Å². The highest BCUT2D eigenvalue weighted by molar-refractivity contribution is 6.32. The van der Waals surface area contributed by atoms with Gasteiger partial charge in [0.15, 0.2) is 0 Å². The topological polar surface area (TPSA) is 51.2 Å². The number of ether oxygens (including phenoxy) is 1. The summed E-state index contributed by atoms with van der Waals surface area (Å²) in [5.41, 5.74) is 0.431. The van der Waals surface area contributed by atoms with Gasteiger partial charge in [-0.3, -0.25) is 0 Å². The standard InChI is InChI=1S/C14H20ClFN2O2/c1-8-7-17-12(16)10(11(8)15)6-9(2)18-13(19)20-14(3,4)5/h7,9H,6H2,1-5H3,(H,18,19)/t9-/m1/s1. The highest BCUT2D eigenvalue weighted by Gasteiger charge is 2.20. The molecule has 112 valence electrons. The zero-order valence-electron chi connectivity index (χ0n) is 12.4. The first-order chi connectivity index (χ1) is 9.10. The Hall–Kier alpha value is -1.36. The van der Waals surface area contributed by atoms with Gasteiger partial charge in [-0.15, -0.1) is 0 Å². The molecule has 0 spiro atoms. The van der Waals surface area contributed by atoms with Crippen molar-refractivity contribution in [2.75, 3.05) is 0 Å². The van der Waals surface area contributed by atoms with Crippen molar-refractivity contribution in [2.24, 2.45) is 0 Å². The fourth-order valence-electron chi connectivity index (χ4n) is 1.66. The summed E-state index contributed by atoms with van der Waals surface area (Å²) in [6, 6.07) is -0.319. The number of nitrogens with one attached hydrogen (secondary N) is 1. The minimum absolute atomic E-state index is 0.249. The molecule has 0 unspecified atom stereocenters. The maximum atomic E-state index is 13.7. The number of halogens is 2.